The molecule has 1 N–H and O–H groups in total. The number of amides is 1. The van der Waals surface area contributed by atoms with Crippen molar-refractivity contribution in [3.05, 3.63) is 89.7 Å². The number of thioether (sulfide) groups is 1. The molecule has 1 saturated heterocycles. The second kappa shape index (κ2) is 13.8. The van der Waals surface area contributed by atoms with Gasteiger partial charge in [-0.3, -0.25) is 9.69 Å². The van der Waals surface area contributed by atoms with E-state index in [0.29, 0.717) is 22.2 Å². The Balaban J connectivity index is 1.25. The van der Waals surface area contributed by atoms with Gasteiger partial charge in [-0.15, -0.1) is 18.3 Å². The van der Waals surface area contributed by atoms with Crippen LogP contribution >= 0.6 is 24.0 Å². The lowest BCUT2D eigenvalue weighted by Gasteiger charge is -2.22. The zero-order valence-corrected chi connectivity index (χ0v) is 26.9. The highest BCUT2D eigenvalue weighted by Gasteiger charge is 2.32. The van der Waals surface area contributed by atoms with Gasteiger partial charge in [0.05, 0.1) is 23.2 Å². The van der Waals surface area contributed by atoms with E-state index < -0.39 is 6.36 Å². The number of rotatable bonds is 6. The molecule has 4 aromatic rings. The average Bonchev–Trinajstić information content (AvgIpc) is 3.62. The Morgan fingerprint density at radius 1 is 1.11 bits per heavy atom. The number of anilines is 1. The standard InChI is InChI=1S/C33H29F3N6O2S2/c1-20(2)27-15-8-21(3)16-28(27)42-29(43)18-46-32(42)39-31(45)38-22(4)9-10-23-6-5-7-24(17-23)30-37-19-41(40-30)25-11-13-26(14-12-25)44-33(34,35)36/h5-8,11-17,19-20,22H,18H2,1-4H3,(H,38,45)/b39-32-. The number of hydrogen-bond donors (Lipinski definition) is 1. The summed E-state index contributed by atoms with van der Waals surface area (Å²) in [4.78, 5) is 23.4. The minimum atomic E-state index is -4.76. The second-order valence-corrected chi connectivity index (χ2v) is 12.0. The van der Waals surface area contributed by atoms with Gasteiger partial charge < -0.3 is 10.1 Å². The minimum Gasteiger partial charge on any atom is -0.406 e. The summed E-state index contributed by atoms with van der Waals surface area (Å²) >= 11 is 6.86. The van der Waals surface area contributed by atoms with Gasteiger partial charge in [0.15, 0.2) is 16.1 Å². The lowest BCUT2D eigenvalue weighted by molar-refractivity contribution is -0.274. The molecule has 3 aromatic carbocycles. The lowest BCUT2D eigenvalue weighted by atomic mass is 9.99. The summed E-state index contributed by atoms with van der Waals surface area (Å²) in [6.45, 7) is 8.03. The van der Waals surface area contributed by atoms with Crippen LogP contribution in [0.4, 0.5) is 18.9 Å². The second-order valence-electron chi connectivity index (χ2n) is 10.7. The van der Waals surface area contributed by atoms with Crippen molar-refractivity contribution in [3.63, 3.8) is 0 Å². The molecule has 0 spiro atoms. The summed E-state index contributed by atoms with van der Waals surface area (Å²) in [6.07, 6.45) is -3.29. The van der Waals surface area contributed by atoms with Crippen LogP contribution < -0.4 is 15.0 Å². The average molecular weight is 663 g/mol. The first-order chi connectivity index (χ1) is 21.9. The molecule has 236 valence electrons. The van der Waals surface area contributed by atoms with Gasteiger partial charge in [0, 0.05) is 11.1 Å². The molecule has 46 heavy (non-hydrogen) atoms. The molecular weight excluding hydrogens is 634 g/mol. The smallest absolute Gasteiger partial charge is 0.406 e. The number of aromatic nitrogens is 3. The van der Waals surface area contributed by atoms with E-state index in [1.807, 2.05) is 56.3 Å². The molecule has 1 fully saturated rings. The number of nitrogens with zero attached hydrogens (tertiary/aromatic N) is 5. The SMILES string of the molecule is Cc1ccc(C(C)C)c(N2C(=O)CS/C2=N\C(=S)NC(C)C#Cc2cccc(-c3ncn(-c4ccc(OC(F)(F)F)cc4)n3)c2)c1. The molecule has 13 heteroatoms. The Morgan fingerprint density at radius 2 is 1.87 bits per heavy atom. The maximum absolute atomic E-state index is 12.9. The third kappa shape index (κ3) is 8.13. The fraction of sp³-hybridized carbons (Fsp3) is 0.242. The number of amidine groups is 1. The van der Waals surface area contributed by atoms with Crippen LogP contribution in [-0.2, 0) is 4.79 Å². The molecule has 8 nitrogen and oxygen atoms in total. The molecular formula is C33H29F3N6O2S2. The van der Waals surface area contributed by atoms with Crippen molar-refractivity contribution in [1.82, 2.24) is 20.1 Å². The summed E-state index contributed by atoms with van der Waals surface area (Å²) in [7, 11) is 0. The summed E-state index contributed by atoms with van der Waals surface area (Å²) in [5.41, 5.74) is 4.89. The van der Waals surface area contributed by atoms with Gasteiger partial charge in [-0.2, -0.15) is 4.99 Å². The van der Waals surface area contributed by atoms with E-state index in [1.165, 1.54) is 47.0 Å². The van der Waals surface area contributed by atoms with E-state index in [-0.39, 0.29) is 34.5 Å². The monoisotopic (exact) mass is 662 g/mol. The molecule has 2 heterocycles. The zero-order chi connectivity index (χ0) is 33.0. The molecule has 1 aliphatic rings. The Kier molecular flexibility index (Phi) is 9.79. The van der Waals surface area contributed by atoms with Crippen LogP contribution in [-0.4, -0.2) is 49.1 Å². The Hall–Kier alpha value is -4.67. The number of nitrogens with one attached hydrogen (secondary N) is 1. The van der Waals surface area contributed by atoms with Crippen molar-refractivity contribution in [2.45, 2.75) is 46.0 Å². The van der Waals surface area contributed by atoms with Gasteiger partial charge in [-0.1, -0.05) is 61.7 Å². The van der Waals surface area contributed by atoms with Gasteiger partial charge in [0.2, 0.25) is 5.91 Å². The van der Waals surface area contributed by atoms with Crippen molar-refractivity contribution in [3.8, 4) is 34.7 Å². The van der Waals surface area contributed by atoms with Crippen molar-refractivity contribution in [2.75, 3.05) is 10.7 Å². The summed E-state index contributed by atoms with van der Waals surface area (Å²) in [5.74, 6) is 6.82. The third-order valence-electron chi connectivity index (χ3n) is 6.73. The molecule has 0 aliphatic carbocycles. The van der Waals surface area contributed by atoms with E-state index in [9.17, 15) is 18.0 Å². The van der Waals surface area contributed by atoms with Crippen LogP contribution in [0.2, 0.25) is 0 Å². The number of halogens is 3. The minimum absolute atomic E-state index is 0.0421. The highest BCUT2D eigenvalue weighted by atomic mass is 32.2. The number of hydrogen-bond acceptors (Lipinski definition) is 6. The molecule has 0 bridgehead atoms. The van der Waals surface area contributed by atoms with Gasteiger partial charge in [0.1, 0.15) is 12.1 Å². The maximum Gasteiger partial charge on any atom is 0.573 e. The number of ether oxygens (including phenoxy) is 1. The third-order valence-corrected chi connectivity index (χ3v) is 7.86. The zero-order valence-electron chi connectivity index (χ0n) is 25.3. The van der Waals surface area contributed by atoms with Crippen molar-refractivity contribution in [1.29, 1.82) is 0 Å². The number of carbonyl (C=O) groups is 1. The van der Waals surface area contributed by atoms with Crippen LogP contribution in [0.1, 0.15) is 43.4 Å². The Bertz CT molecular complexity index is 1860. The lowest BCUT2D eigenvalue weighted by Crippen LogP contribution is -2.34. The molecule has 5 rings (SSSR count). The van der Waals surface area contributed by atoms with E-state index in [1.54, 1.807) is 4.90 Å². The van der Waals surface area contributed by atoms with Gasteiger partial charge in [-0.25, -0.2) is 9.67 Å². The van der Waals surface area contributed by atoms with Crippen molar-refractivity contribution < 1.29 is 22.7 Å². The van der Waals surface area contributed by atoms with Crippen LogP contribution in [0.25, 0.3) is 17.1 Å². The van der Waals surface area contributed by atoms with E-state index in [0.717, 1.165) is 22.4 Å². The fourth-order valence-electron chi connectivity index (χ4n) is 4.61. The van der Waals surface area contributed by atoms with Crippen LogP contribution in [0.3, 0.4) is 0 Å². The van der Waals surface area contributed by atoms with Crippen LogP contribution in [0.5, 0.6) is 5.75 Å². The number of benzene rings is 3. The highest BCUT2D eigenvalue weighted by Crippen LogP contribution is 2.34. The molecule has 0 radical (unpaired) electrons. The topological polar surface area (TPSA) is 84.6 Å². The predicted molar refractivity (Wildman–Crippen MR) is 178 cm³/mol. The van der Waals surface area contributed by atoms with Crippen LogP contribution in [0.15, 0.2) is 78.0 Å². The van der Waals surface area contributed by atoms with Crippen molar-refractivity contribution in [2.24, 2.45) is 4.99 Å². The Morgan fingerprint density at radius 3 is 2.59 bits per heavy atom. The fourth-order valence-corrected chi connectivity index (χ4v) is 5.79. The number of aliphatic imine (C=N–C) groups is 1. The number of aryl methyl sites for hydroxylation is 1. The normalized spacial score (nSPS) is 14.7. The Labute approximate surface area is 274 Å². The molecule has 0 saturated carbocycles. The molecule has 1 aromatic heterocycles. The molecule has 1 unspecified atom stereocenters. The number of carbonyl (C=O) groups excluding carboxylic acids is 1. The molecule has 1 aliphatic heterocycles. The van der Waals surface area contributed by atoms with Crippen LogP contribution in [0, 0.1) is 18.8 Å². The van der Waals surface area contributed by atoms with Gasteiger partial charge >= 0.3 is 6.36 Å². The van der Waals surface area contributed by atoms with E-state index in [4.69, 9.17) is 12.2 Å². The molecule has 1 atom stereocenters. The first kappa shape index (κ1) is 32.7. The summed E-state index contributed by atoms with van der Waals surface area (Å²) < 4.78 is 42.7. The molecule has 1 amide bonds. The van der Waals surface area contributed by atoms with E-state index in [2.05, 4.69) is 50.8 Å². The predicted octanol–water partition coefficient (Wildman–Crippen LogP) is 7.02. The maximum atomic E-state index is 12.9. The first-order valence-electron chi connectivity index (χ1n) is 14.2. The quantitative estimate of drug-likeness (QED) is 0.176. The number of alkyl halides is 3. The number of thiocarbonyl (C=S) groups is 1. The first-order valence-corrected chi connectivity index (χ1v) is 15.6. The van der Waals surface area contributed by atoms with Gasteiger partial charge in [0.25, 0.3) is 0 Å². The highest BCUT2D eigenvalue weighted by molar-refractivity contribution is 8.15. The van der Waals surface area contributed by atoms with Crippen molar-refractivity contribution >= 4 is 45.9 Å². The van der Waals surface area contributed by atoms with E-state index >= 15 is 0 Å². The summed E-state index contributed by atoms with van der Waals surface area (Å²) in [6, 6.07) is 18.4. The van der Waals surface area contributed by atoms with Gasteiger partial charge in [-0.05, 0) is 85.6 Å². The largest absolute Gasteiger partial charge is 0.573 e. The summed E-state index contributed by atoms with van der Waals surface area (Å²) in [5, 5.41) is 8.32.